The van der Waals surface area contributed by atoms with Gasteiger partial charge in [-0.05, 0) is 74.3 Å². The van der Waals surface area contributed by atoms with Gasteiger partial charge in [0.15, 0.2) is 0 Å². The Morgan fingerprint density at radius 1 is 1.13 bits per heavy atom. The summed E-state index contributed by atoms with van der Waals surface area (Å²) in [5, 5.41) is 12.8. The lowest BCUT2D eigenvalue weighted by Gasteiger charge is -2.38. The third-order valence-electron chi connectivity index (χ3n) is 8.48. The Bertz CT molecular complexity index is 1200. The van der Waals surface area contributed by atoms with E-state index in [4.69, 9.17) is 0 Å². The van der Waals surface area contributed by atoms with Crippen LogP contribution in [0.1, 0.15) is 56.9 Å². The van der Waals surface area contributed by atoms with Gasteiger partial charge < -0.3 is 20.2 Å². The molecule has 38 heavy (non-hydrogen) atoms. The molecule has 5 rings (SSSR count). The van der Waals surface area contributed by atoms with Crippen LogP contribution >= 0.6 is 0 Å². The molecule has 1 aromatic heterocycles. The van der Waals surface area contributed by atoms with Crippen LogP contribution in [-0.2, 0) is 9.59 Å². The summed E-state index contributed by atoms with van der Waals surface area (Å²) in [7, 11) is 0. The Labute approximate surface area is 223 Å². The molecule has 200 valence electrons. The molecule has 3 heterocycles. The number of rotatable bonds is 6. The lowest BCUT2D eigenvalue weighted by atomic mass is 9.89. The number of benzene rings is 1. The van der Waals surface area contributed by atoms with Crippen LogP contribution in [0.25, 0.3) is 0 Å². The van der Waals surface area contributed by atoms with Gasteiger partial charge in [-0.1, -0.05) is 18.1 Å². The molecule has 1 unspecified atom stereocenters. The standard InChI is InChI=1S/C30H35FN4O3/c1-2-3-23(21-4-7-25(36)8-5-21)18-28(37)33-26-19-30(26)12-16-35(17-13-30)29(38)22-10-14-34(15-11-22)27-9-6-24(31)20-32-27/h4-9,20,22-23,26,36H,10-19H2,1H3,(H,33,37)/t23-,26?/m0/s1. The fourth-order valence-electron chi connectivity index (χ4n) is 6.02. The van der Waals surface area contributed by atoms with Gasteiger partial charge in [-0.15, -0.1) is 5.92 Å². The number of piperidine rings is 2. The molecule has 2 amide bonds. The van der Waals surface area contributed by atoms with Crippen LogP contribution in [0.4, 0.5) is 10.2 Å². The maximum atomic E-state index is 13.2. The van der Waals surface area contributed by atoms with Crippen molar-refractivity contribution in [2.24, 2.45) is 11.3 Å². The lowest BCUT2D eigenvalue weighted by molar-refractivity contribution is -0.138. The summed E-state index contributed by atoms with van der Waals surface area (Å²) >= 11 is 0. The second-order valence-corrected chi connectivity index (χ2v) is 10.9. The summed E-state index contributed by atoms with van der Waals surface area (Å²) in [6.07, 6.45) is 5.87. The van der Waals surface area contributed by atoms with Gasteiger partial charge in [0.1, 0.15) is 17.4 Å². The first-order valence-corrected chi connectivity index (χ1v) is 13.5. The molecular formula is C30H35FN4O3. The van der Waals surface area contributed by atoms with E-state index < -0.39 is 0 Å². The number of pyridine rings is 1. The molecule has 1 aromatic carbocycles. The van der Waals surface area contributed by atoms with Crippen LogP contribution in [0.15, 0.2) is 42.6 Å². The van der Waals surface area contributed by atoms with Gasteiger partial charge in [-0.3, -0.25) is 9.59 Å². The van der Waals surface area contributed by atoms with E-state index >= 15 is 0 Å². The maximum absolute atomic E-state index is 13.2. The molecule has 1 aliphatic carbocycles. The molecule has 7 nitrogen and oxygen atoms in total. The number of likely N-dealkylation sites (tertiary alicyclic amines) is 1. The molecule has 2 aliphatic heterocycles. The third-order valence-corrected chi connectivity index (χ3v) is 8.48. The smallest absolute Gasteiger partial charge is 0.225 e. The summed E-state index contributed by atoms with van der Waals surface area (Å²) in [5.41, 5.74) is 1.03. The lowest BCUT2D eigenvalue weighted by Crippen LogP contribution is -2.47. The van der Waals surface area contributed by atoms with Crippen molar-refractivity contribution in [2.75, 3.05) is 31.1 Å². The van der Waals surface area contributed by atoms with Gasteiger partial charge >= 0.3 is 0 Å². The molecule has 3 aliphatic rings. The summed E-state index contributed by atoms with van der Waals surface area (Å²) in [5.74, 6) is 6.69. The van der Waals surface area contributed by atoms with Crippen molar-refractivity contribution >= 4 is 17.6 Å². The van der Waals surface area contributed by atoms with Crippen molar-refractivity contribution in [2.45, 2.75) is 57.4 Å². The van der Waals surface area contributed by atoms with E-state index in [0.717, 1.165) is 69.7 Å². The average molecular weight is 519 g/mol. The van der Waals surface area contributed by atoms with E-state index in [2.05, 4.69) is 27.0 Å². The minimum absolute atomic E-state index is 0.00592. The quantitative estimate of drug-likeness (QED) is 0.568. The first-order valence-electron chi connectivity index (χ1n) is 13.5. The van der Waals surface area contributed by atoms with Gasteiger partial charge in [0.05, 0.1) is 12.1 Å². The number of nitrogens with zero attached hydrogens (tertiary/aromatic N) is 3. The topological polar surface area (TPSA) is 85.8 Å². The van der Waals surface area contributed by atoms with E-state index in [9.17, 15) is 19.1 Å². The molecule has 0 bridgehead atoms. The summed E-state index contributed by atoms with van der Waals surface area (Å²) < 4.78 is 13.2. The van der Waals surface area contributed by atoms with Crippen LogP contribution in [0, 0.1) is 29.0 Å². The highest BCUT2D eigenvalue weighted by atomic mass is 19.1. The third kappa shape index (κ3) is 5.77. The summed E-state index contributed by atoms with van der Waals surface area (Å²) in [6, 6.07) is 10.1. The number of carbonyl (C=O) groups is 2. The Balaban J connectivity index is 1.07. The molecule has 3 fully saturated rings. The highest BCUT2D eigenvalue weighted by Crippen LogP contribution is 2.54. The van der Waals surface area contributed by atoms with E-state index in [-0.39, 0.29) is 53.1 Å². The first kappa shape index (κ1) is 26.0. The number of hydrogen-bond acceptors (Lipinski definition) is 5. The number of anilines is 1. The van der Waals surface area contributed by atoms with Gasteiger partial charge in [-0.2, -0.15) is 0 Å². The average Bonchev–Trinajstić information content (AvgIpc) is 3.59. The zero-order valence-corrected chi connectivity index (χ0v) is 21.8. The Hall–Kier alpha value is -3.60. The molecule has 1 spiro atoms. The number of hydrogen-bond donors (Lipinski definition) is 2. The number of amides is 2. The molecule has 1 saturated carbocycles. The number of halogens is 1. The summed E-state index contributed by atoms with van der Waals surface area (Å²) in [4.78, 5) is 34.4. The van der Waals surface area contributed by atoms with Gasteiger partial charge in [-0.25, -0.2) is 9.37 Å². The van der Waals surface area contributed by atoms with Gasteiger partial charge in [0.25, 0.3) is 0 Å². The Morgan fingerprint density at radius 3 is 2.47 bits per heavy atom. The molecule has 2 atom stereocenters. The van der Waals surface area contributed by atoms with E-state index in [1.54, 1.807) is 25.1 Å². The molecule has 2 saturated heterocycles. The minimum atomic E-state index is -0.344. The van der Waals surface area contributed by atoms with Crippen LogP contribution in [0.5, 0.6) is 5.75 Å². The fourth-order valence-corrected chi connectivity index (χ4v) is 6.02. The summed E-state index contributed by atoms with van der Waals surface area (Å²) in [6.45, 7) is 4.73. The number of aromatic nitrogens is 1. The highest BCUT2D eigenvalue weighted by Gasteiger charge is 2.56. The Morgan fingerprint density at radius 2 is 1.84 bits per heavy atom. The zero-order chi connectivity index (χ0) is 26.7. The van der Waals surface area contributed by atoms with Crippen molar-refractivity contribution in [3.63, 3.8) is 0 Å². The fraction of sp³-hybridized carbons (Fsp3) is 0.500. The van der Waals surface area contributed by atoms with E-state index in [1.165, 1.54) is 12.3 Å². The van der Waals surface area contributed by atoms with Crippen LogP contribution < -0.4 is 10.2 Å². The van der Waals surface area contributed by atoms with E-state index in [0.29, 0.717) is 0 Å². The largest absolute Gasteiger partial charge is 0.508 e. The highest BCUT2D eigenvalue weighted by molar-refractivity contribution is 5.80. The zero-order valence-electron chi connectivity index (χ0n) is 21.8. The Kier molecular flexibility index (Phi) is 7.55. The van der Waals surface area contributed by atoms with Crippen LogP contribution in [0.2, 0.25) is 0 Å². The predicted molar refractivity (Wildman–Crippen MR) is 143 cm³/mol. The second kappa shape index (κ2) is 11.0. The predicted octanol–water partition coefficient (Wildman–Crippen LogP) is 3.84. The molecule has 2 N–H and O–H groups in total. The van der Waals surface area contributed by atoms with Crippen LogP contribution in [0.3, 0.4) is 0 Å². The molecule has 2 aromatic rings. The van der Waals surface area contributed by atoms with Crippen LogP contribution in [-0.4, -0.2) is 59.0 Å². The first-order chi connectivity index (χ1) is 18.4. The number of nitrogens with one attached hydrogen (secondary N) is 1. The van der Waals surface area contributed by atoms with Gasteiger partial charge in [0, 0.05) is 44.6 Å². The molecular weight excluding hydrogens is 483 g/mol. The van der Waals surface area contributed by atoms with Gasteiger partial charge in [0.2, 0.25) is 11.8 Å². The molecule has 0 radical (unpaired) electrons. The van der Waals surface area contributed by atoms with Crippen molar-refractivity contribution in [3.05, 3.63) is 54.0 Å². The number of phenolic OH excluding ortho intramolecular Hbond substituents is 1. The normalized spacial score (nSPS) is 21.4. The SMILES string of the molecule is CC#C[C@@H](CC(=O)NC1CC12CCN(C(=O)C1CCN(c3ccc(F)cn3)CC1)CC2)c1ccc(O)cc1. The van der Waals surface area contributed by atoms with Crippen molar-refractivity contribution in [1.82, 2.24) is 15.2 Å². The monoisotopic (exact) mass is 518 g/mol. The number of carbonyl (C=O) groups excluding carboxylic acids is 2. The minimum Gasteiger partial charge on any atom is -0.508 e. The van der Waals surface area contributed by atoms with Crippen molar-refractivity contribution in [1.29, 1.82) is 0 Å². The number of aromatic hydroxyl groups is 1. The second-order valence-electron chi connectivity index (χ2n) is 10.9. The number of phenols is 1. The van der Waals surface area contributed by atoms with E-state index in [1.807, 2.05) is 17.0 Å². The molecule has 8 heteroatoms. The van der Waals surface area contributed by atoms with Crippen molar-refractivity contribution in [3.8, 4) is 17.6 Å². The van der Waals surface area contributed by atoms with Crippen molar-refractivity contribution < 1.29 is 19.1 Å². The maximum Gasteiger partial charge on any atom is 0.225 e.